The Hall–Kier alpha value is -4.33. The van der Waals surface area contributed by atoms with Crippen LogP contribution in [0.4, 0.5) is 9.18 Å². The molecule has 204 valence electrons. The highest BCUT2D eigenvalue weighted by atomic mass is 19.1. The second-order valence-electron chi connectivity index (χ2n) is 10.4. The number of hydrogen-bond donors (Lipinski definition) is 1. The van der Waals surface area contributed by atoms with E-state index in [0.717, 1.165) is 10.5 Å². The van der Waals surface area contributed by atoms with Gasteiger partial charge in [0.1, 0.15) is 29.2 Å². The number of aryl methyl sites for hydroxylation is 1. The number of rotatable bonds is 6. The quantitative estimate of drug-likeness (QED) is 0.568. The zero-order chi connectivity index (χ0) is 28.5. The Morgan fingerprint density at radius 2 is 1.87 bits per heavy atom. The van der Waals surface area contributed by atoms with Gasteiger partial charge >= 0.3 is 6.03 Å². The molecule has 1 atom stereocenters. The predicted molar refractivity (Wildman–Crippen MR) is 138 cm³/mol. The molecule has 1 spiro atoms. The SMILES string of the molecule is Cc1ccc(F)c(C(=O)N[C@@H](C(=O)N2CCC3(CC2)C(=O)N(C)C(=O)N3Cc2ccnc(C#N)c2)C(C)C)c1. The first-order chi connectivity index (χ1) is 18.5. The minimum absolute atomic E-state index is 0.118. The van der Waals surface area contributed by atoms with Crippen molar-refractivity contribution in [3.63, 3.8) is 0 Å². The van der Waals surface area contributed by atoms with Gasteiger partial charge in [-0.15, -0.1) is 0 Å². The molecule has 39 heavy (non-hydrogen) atoms. The van der Waals surface area contributed by atoms with E-state index < -0.39 is 29.3 Å². The molecule has 11 heteroatoms. The molecule has 4 rings (SSSR count). The number of benzene rings is 1. The fourth-order valence-electron chi connectivity index (χ4n) is 5.24. The van der Waals surface area contributed by atoms with Crippen molar-refractivity contribution in [1.29, 1.82) is 5.26 Å². The third kappa shape index (κ3) is 5.19. The molecule has 1 aromatic carbocycles. The zero-order valence-electron chi connectivity index (χ0n) is 22.4. The fourth-order valence-corrected chi connectivity index (χ4v) is 5.24. The molecule has 1 N–H and O–H groups in total. The number of likely N-dealkylation sites (N-methyl/N-ethyl adjacent to an activating group) is 1. The number of nitriles is 1. The van der Waals surface area contributed by atoms with Crippen molar-refractivity contribution in [3.8, 4) is 6.07 Å². The first-order valence-corrected chi connectivity index (χ1v) is 12.8. The summed E-state index contributed by atoms with van der Waals surface area (Å²) in [6.07, 6.45) is 1.92. The number of carbonyl (C=O) groups excluding carboxylic acids is 4. The van der Waals surface area contributed by atoms with Crippen molar-refractivity contribution < 1.29 is 23.6 Å². The second kappa shape index (κ2) is 10.8. The summed E-state index contributed by atoms with van der Waals surface area (Å²) in [4.78, 5) is 60.9. The number of hydrogen-bond acceptors (Lipinski definition) is 6. The maximum absolute atomic E-state index is 14.3. The average Bonchev–Trinajstić information content (AvgIpc) is 3.09. The number of halogens is 1. The molecule has 5 amide bonds. The van der Waals surface area contributed by atoms with Crippen LogP contribution in [0, 0.1) is 30.0 Å². The zero-order valence-corrected chi connectivity index (χ0v) is 22.4. The number of nitrogens with one attached hydrogen (secondary N) is 1. The lowest BCUT2D eigenvalue weighted by atomic mass is 9.85. The van der Waals surface area contributed by atoms with Gasteiger partial charge in [0.2, 0.25) is 5.91 Å². The van der Waals surface area contributed by atoms with E-state index in [1.165, 1.54) is 30.3 Å². The minimum Gasteiger partial charge on any atom is -0.341 e. The molecule has 2 fully saturated rings. The van der Waals surface area contributed by atoms with Crippen LogP contribution in [0.25, 0.3) is 0 Å². The number of urea groups is 1. The van der Waals surface area contributed by atoms with Crippen LogP contribution in [0.15, 0.2) is 36.5 Å². The summed E-state index contributed by atoms with van der Waals surface area (Å²) in [6.45, 7) is 5.84. The summed E-state index contributed by atoms with van der Waals surface area (Å²) in [6, 6.07) is 8.12. The molecule has 2 saturated heterocycles. The molecule has 3 heterocycles. The van der Waals surface area contributed by atoms with E-state index in [1.807, 2.05) is 6.07 Å². The summed E-state index contributed by atoms with van der Waals surface area (Å²) in [5.41, 5.74) is 0.342. The number of nitrogens with zero attached hydrogens (tertiary/aromatic N) is 5. The normalized spacial score (nSPS) is 17.5. The summed E-state index contributed by atoms with van der Waals surface area (Å²) >= 11 is 0. The van der Waals surface area contributed by atoms with Gasteiger partial charge in [-0.25, -0.2) is 14.2 Å². The van der Waals surface area contributed by atoms with E-state index in [1.54, 1.807) is 43.9 Å². The fraction of sp³-hybridized carbons (Fsp3) is 0.429. The lowest BCUT2D eigenvalue weighted by Crippen LogP contribution is -2.60. The number of carbonyl (C=O) groups is 4. The lowest BCUT2D eigenvalue weighted by Gasteiger charge is -2.43. The molecule has 0 saturated carbocycles. The third-order valence-electron chi connectivity index (χ3n) is 7.50. The minimum atomic E-state index is -1.13. The van der Waals surface area contributed by atoms with Crippen LogP contribution in [0.1, 0.15) is 53.9 Å². The molecule has 0 aliphatic carbocycles. The smallest absolute Gasteiger partial charge is 0.327 e. The van der Waals surface area contributed by atoms with Crippen LogP contribution in [0.5, 0.6) is 0 Å². The van der Waals surface area contributed by atoms with Gasteiger partial charge in [0.25, 0.3) is 11.8 Å². The Bertz CT molecular complexity index is 1360. The van der Waals surface area contributed by atoms with Gasteiger partial charge in [-0.2, -0.15) is 5.26 Å². The first kappa shape index (κ1) is 27.7. The number of piperidine rings is 1. The average molecular weight is 535 g/mol. The number of likely N-dealkylation sites (tertiary alicyclic amines) is 1. The largest absolute Gasteiger partial charge is 0.341 e. The van der Waals surface area contributed by atoms with Gasteiger partial charge in [-0.1, -0.05) is 25.5 Å². The van der Waals surface area contributed by atoms with Gasteiger partial charge in [-0.3, -0.25) is 19.3 Å². The number of aromatic nitrogens is 1. The van der Waals surface area contributed by atoms with Crippen molar-refractivity contribution in [1.82, 2.24) is 25.0 Å². The summed E-state index contributed by atoms with van der Waals surface area (Å²) in [7, 11) is 1.44. The Morgan fingerprint density at radius 1 is 1.18 bits per heavy atom. The van der Waals surface area contributed by atoms with Crippen molar-refractivity contribution in [2.24, 2.45) is 5.92 Å². The molecule has 2 aliphatic heterocycles. The van der Waals surface area contributed by atoms with Gasteiger partial charge in [0.15, 0.2) is 0 Å². The standard InChI is InChI=1S/C28H31FN6O4/c1-17(2)23(32-24(36)21-13-18(3)5-6-22(21)29)25(37)34-11-8-28(9-12-34)26(38)33(4)27(39)35(28)16-19-7-10-31-20(14-19)15-30/h5-7,10,13-14,17,23H,8-9,11-12,16H2,1-4H3,(H,32,36)/t23-/m1/s1. The highest BCUT2D eigenvalue weighted by molar-refractivity contribution is 6.07. The van der Waals surface area contributed by atoms with Crippen molar-refractivity contribution in [3.05, 3.63) is 64.7 Å². The van der Waals surface area contributed by atoms with Crippen molar-refractivity contribution in [2.45, 2.75) is 51.7 Å². The topological polar surface area (TPSA) is 127 Å². The van der Waals surface area contributed by atoms with E-state index in [9.17, 15) is 28.8 Å². The maximum Gasteiger partial charge on any atom is 0.327 e. The molecule has 2 aromatic rings. The molecule has 0 radical (unpaired) electrons. The van der Waals surface area contributed by atoms with Gasteiger partial charge in [0.05, 0.1) is 5.56 Å². The summed E-state index contributed by atoms with van der Waals surface area (Å²) < 4.78 is 14.3. The van der Waals surface area contributed by atoms with Crippen LogP contribution in [0.2, 0.25) is 0 Å². The Balaban J connectivity index is 1.50. The third-order valence-corrected chi connectivity index (χ3v) is 7.50. The number of pyridine rings is 1. The molecular formula is C28H31FN6O4. The van der Waals surface area contributed by atoms with E-state index in [4.69, 9.17) is 0 Å². The van der Waals surface area contributed by atoms with Crippen molar-refractivity contribution >= 4 is 23.8 Å². The Kier molecular flexibility index (Phi) is 7.67. The van der Waals surface area contributed by atoms with Crippen LogP contribution in [-0.2, 0) is 16.1 Å². The molecular weight excluding hydrogens is 503 g/mol. The van der Waals surface area contributed by atoms with Gasteiger partial charge in [0, 0.05) is 32.9 Å². The van der Waals surface area contributed by atoms with Crippen molar-refractivity contribution in [2.75, 3.05) is 20.1 Å². The van der Waals surface area contributed by atoms with Crippen LogP contribution in [-0.4, -0.2) is 75.2 Å². The molecule has 2 aliphatic rings. The van der Waals surface area contributed by atoms with Crippen LogP contribution in [0.3, 0.4) is 0 Å². The van der Waals surface area contributed by atoms with Gasteiger partial charge < -0.3 is 15.1 Å². The lowest BCUT2D eigenvalue weighted by molar-refractivity contribution is -0.142. The Morgan fingerprint density at radius 3 is 2.51 bits per heavy atom. The van der Waals surface area contributed by atoms with E-state index in [2.05, 4.69) is 10.3 Å². The van der Waals surface area contributed by atoms with E-state index in [0.29, 0.717) is 5.56 Å². The number of imide groups is 1. The van der Waals surface area contributed by atoms with Gasteiger partial charge in [-0.05, 0) is 55.5 Å². The first-order valence-electron chi connectivity index (χ1n) is 12.8. The Labute approximate surface area is 226 Å². The summed E-state index contributed by atoms with van der Waals surface area (Å²) in [5.74, 6) is -2.28. The van der Waals surface area contributed by atoms with Crippen LogP contribution >= 0.6 is 0 Å². The second-order valence-corrected chi connectivity index (χ2v) is 10.4. The van der Waals surface area contributed by atoms with E-state index >= 15 is 0 Å². The number of amides is 5. The molecule has 0 unspecified atom stereocenters. The van der Waals surface area contributed by atoms with Crippen LogP contribution < -0.4 is 5.32 Å². The highest BCUT2D eigenvalue weighted by Crippen LogP contribution is 2.38. The molecule has 0 bridgehead atoms. The summed E-state index contributed by atoms with van der Waals surface area (Å²) in [5, 5.41) is 11.9. The van der Waals surface area contributed by atoms with E-state index in [-0.39, 0.29) is 61.5 Å². The highest BCUT2D eigenvalue weighted by Gasteiger charge is 2.57. The predicted octanol–water partition coefficient (Wildman–Crippen LogP) is 2.61. The molecule has 1 aromatic heterocycles. The maximum atomic E-state index is 14.3. The monoisotopic (exact) mass is 534 g/mol. The molecule has 10 nitrogen and oxygen atoms in total.